The Labute approximate surface area is 142 Å². The maximum absolute atomic E-state index is 6.65. The molecule has 2 saturated heterocycles. The number of hydrogen-bond donors (Lipinski definition) is 0. The largest absolute Gasteiger partial charge is 0.412 e. The Balaban J connectivity index is 2.15. The predicted molar refractivity (Wildman–Crippen MR) is 99.5 cm³/mol. The average Bonchev–Trinajstić information content (AvgIpc) is 2.57. The highest BCUT2D eigenvalue weighted by atomic mass is 32.5. The van der Waals surface area contributed by atoms with Crippen molar-refractivity contribution in [3.8, 4) is 0 Å². The first kappa shape index (κ1) is 19.1. The van der Waals surface area contributed by atoms with Gasteiger partial charge in [0, 0.05) is 18.6 Å². The third kappa shape index (κ3) is 3.56. The first-order valence-corrected chi connectivity index (χ1v) is 14.0. The smallest absolute Gasteiger partial charge is 0.192 e. The zero-order valence-electron chi connectivity index (χ0n) is 15.1. The molecule has 0 saturated carbocycles. The van der Waals surface area contributed by atoms with E-state index in [4.69, 9.17) is 30.0 Å². The van der Waals surface area contributed by atoms with Gasteiger partial charge in [-0.15, -0.1) is 0 Å². The molecule has 2 fully saturated rings. The second-order valence-corrected chi connectivity index (χ2v) is 17.1. The van der Waals surface area contributed by atoms with E-state index >= 15 is 0 Å². The van der Waals surface area contributed by atoms with Crippen molar-refractivity contribution < 1.29 is 18.2 Å². The zero-order chi connectivity index (χ0) is 17.0. The highest BCUT2D eigenvalue weighted by Crippen LogP contribution is 2.53. The van der Waals surface area contributed by atoms with E-state index in [-0.39, 0.29) is 23.1 Å². The lowest BCUT2D eigenvalue weighted by molar-refractivity contribution is -0.106. The summed E-state index contributed by atoms with van der Waals surface area (Å²) < 4.78 is 24.5. The summed E-state index contributed by atoms with van der Waals surface area (Å²) in [6.45, 7) is 14.4. The van der Waals surface area contributed by atoms with Gasteiger partial charge in [0.15, 0.2) is 14.8 Å². The summed E-state index contributed by atoms with van der Waals surface area (Å²) in [5.41, 5.74) is -0.412. The maximum atomic E-state index is 6.65. The van der Waals surface area contributed by atoms with Crippen LogP contribution >= 0.6 is 6.49 Å². The van der Waals surface area contributed by atoms with E-state index in [0.29, 0.717) is 13.2 Å². The molecule has 2 rings (SSSR count). The summed E-state index contributed by atoms with van der Waals surface area (Å²) >= 11 is 5.33. The molecular weight excluding hydrogens is 334 g/mol. The van der Waals surface area contributed by atoms with Gasteiger partial charge in [0.05, 0.1) is 19.3 Å². The summed E-state index contributed by atoms with van der Waals surface area (Å²) in [6, 6.07) is 0.0455. The molecule has 1 unspecified atom stereocenters. The standard InChI is InChI=1S/C14H30BO4PSSi/c1-10-11(19-22(6,7)13(2,3)4)12(15)18-14(10)8-16-20(5,21)17-9-14/h10-12H,8-9,15H2,1-7H3/t10?,11-,12+,14?,20?/m0/s1. The van der Waals surface area contributed by atoms with Crippen LogP contribution in [0.1, 0.15) is 27.7 Å². The Hall–Kier alpha value is 0.772. The van der Waals surface area contributed by atoms with Crippen LogP contribution in [0.25, 0.3) is 0 Å². The van der Waals surface area contributed by atoms with Crippen LogP contribution in [0.4, 0.5) is 0 Å². The topological polar surface area (TPSA) is 36.9 Å². The normalized spacial score (nSPS) is 43.7. The summed E-state index contributed by atoms with van der Waals surface area (Å²) in [7, 11) is 0.260. The molecule has 1 spiro atoms. The second-order valence-electron chi connectivity index (χ2n) is 8.34. The quantitative estimate of drug-likeness (QED) is 0.556. The van der Waals surface area contributed by atoms with Crippen LogP contribution in [0.15, 0.2) is 0 Å². The minimum atomic E-state index is -2.08. The van der Waals surface area contributed by atoms with Crippen molar-refractivity contribution in [2.24, 2.45) is 5.92 Å². The Morgan fingerprint density at radius 1 is 1.27 bits per heavy atom. The minimum Gasteiger partial charge on any atom is -0.412 e. The Morgan fingerprint density at radius 2 is 1.77 bits per heavy atom. The lowest BCUT2D eigenvalue weighted by atomic mass is 9.83. The molecule has 3 atom stereocenters. The molecule has 22 heavy (non-hydrogen) atoms. The second kappa shape index (κ2) is 5.94. The van der Waals surface area contributed by atoms with Crippen LogP contribution in [0.5, 0.6) is 0 Å². The summed E-state index contributed by atoms with van der Waals surface area (Å²) in [5.74, 6) is 0.229. The lowest BCUT2D eigenvalue weighted by Gasteiger charge is -2.42. The molecule has 0 amide bonds. The van der Waals surface area contributed by atoms with Gasteiger partial charge in [0.2, 0.25) is 0 Å². The molecular formula is C14H30BO4PSSi. The minimum absolute atomic E-state index is 0.0455. The molecule has 0 bridgehead atoms. The Bertz CT molecular complexity index is 470. The number of rotatable bonds is 2. The lowest BCUT2D eigenvalue weighted by Crippen LogP contribution is -2.50. The van der Waals surface area contributed by atoms with Crippen LogP contribution in [-0.4, -0.2) is 53.8 Å². The van der Waals surface area contributed by atoms with Gasteiger partial charge < -0.3 is 18.2 Å². The van der Waals surface area contributed by atoms with Gasteiger partial charge in [0.25, 0.3) is 0 Å². The van der Waals surface area contributed by atoms with Crippen molar-refractivity contribution in [1.82, 2.24) is 0 Å². The number of hydrogen-bond acceptors (Lipinski definition) is 5. The van der Waals surface area contributed by atoms with Crippen LogP contribution in [0.2, 0.25) is 18.1 Å². The van der Waals surface area contributed by atoms with Gasteiger partial charge in [0.1, 0.15) is 13.4 Å². The molecule has 0 radical (unpaired) electrons. The van der Waals surface area contributed by atoms with E-state index < -0.39 is 20.4 Å². The third-order valence-corrected chi connectivity index (χ3v) is 11.8. The fourth-order valence-corrected chi connectivity index (χ4v) is 5.55. The monoisotopic (exact) mass is 364 g/mol. The van der Waals surface area contributed by atoms with E-state index in [1.165, 1.54) is 0 Å². The first-order valence-electron chi connectivity index (χ1n) is 8.02. The molecule has 8 heteroatoms. The molecule has 0 aliphatic carbocycles. The Morgan fingerprint density at radius 3 is 2.23 bits per heavy atom. The molecule has 4 nitrogen and oxygen atoms in total. The third-order valence-electron chi connectivity index (χ3n) is 5.53. The van der Waals surface area contributed by atoms with E-state index in [1.54, 1.807) is 0 Å². The highest BCUT2D eigenvalue weighted by molar-refractivity contribution is 8.09. The van der Waals surface area contributed by atoms with Crippen LogP contribution in [-0.2, 0) is 30.0 Å². The fourth-order valence-electron chi connectivity index (χ4n) is 2.83. The summed E-state index contributed by atoms with van der Waals surface area (Å²) in [5, 5.41) is 0.187. The first-order chi connectivity index (χ1) is 9.80. The van der Waals surface area contributed by atoms with Gasteiger partial charge >= 0.3 is 0 Å². The average molecular weight is 364 g/mol. The molecule has 0 aromatic carbocycles. The van der Waals surface area contributed by atoms with Crippen molar-refractivity contribution in [2.45, 2.75) is 63.5 Å². The predicted octanol–water partition coefficient (Wildman–Crippen LogP) is 2.73. The molecule has 128 valence electrons. The van der Waals surface area contributed by atoms with Gasteiger partial charge in [-0.3, -0.25) is 0 Å². The number of ether oxygens (including phenoxy) is 1. The Kier molecular flexibility index (Phi) is 5.16. The van der Waals surface area contributed by atoms with Crippen LogP contribution in [0, 0.1) is 5.92 Å². The van der Waals surface area contributed by atoms with Gasteiger partial charge in [-0.2, -0.15) is 0 Å². The SMILES string of the molecule is B[C@@H]1OC2(COP(C)(=S)OC2)C(C)[C@@H]1O[Si](C)(C)C(C)(C)C. The van der Waals surface area contributed by atoms with Crippen LogP contribution < -0.4 is 0 Å². The molecule has 0 aromatic rings. The summed E-state index contributed by atoms with van der Waals surface area (Å²) in [4.78, 5) is 0. The van der Waals surface area contributed by atoms with Crippen molar-refractivity contribution >= 4 is 34.5 Å². The van der Waals surface area contributed by atoms with Gasteiger partial charge in [-0.05, 0) is 29.9 Å². The van der Waals surface area contributed by atoms with Crippen molar-refractivity contribution in [3.63, 3.8) is 0 Å². The van der Waals surface area contributed by atoms with E-state index in [1.807, 2.05) is 6.66 Å². The van der Waals surface area contributed by atoms with Gasteiger partial charge in [-0.1, -0.05) is 27.7 Å². The fraction of sp³-hybridized carbons (Fsp3) is 1.00. The molecule has 0 aromatic heterocycles. The van der Waals surface area contributed by atoms with Crippen LogP contribution in [0.3, 0.4) is 0 Å². The molecule has 2 aliphatic rings. The highest BCUT2D eigenvalue weighted by Gasteiger charge is 2.56. The van der Waals surface area contributed by atoms with E-state index in [9.17, 15) is 0 Å². The van der Waals surface area contributed by atoms with E-state index in [0.717, 1.165) is 0 Å². The van der Waals surface area contributed by atoms with Crippen molar-refractivity contribution in [3.05, 3.63) is 0 Å². The maximum Gasteiger partial charge on any atom is 0.192 e. The van der Waals surface area contributed by atoms with Crippen molar-refractivity contribution in [2.75, 3.05) is 19.9 Å². The molecule has 2 aliphatic heterocycles. The van der Waals surface area contributed by atoms with Crippen molar-refractivity contribution in [1.29, 1.82) is 0 Å². The summed E-state index contributed by atoms with van der Waals surface area (Å²) in [6.07, 6.45) is 0.0842. The van der Waals surface area contributed by atoms with E-state index in [2.05, 4.69) is 48.6 Å². The molecule has 0 N–H and O–H groups in total. The molecule has 2 heterocycles. The zero-order valence-corrected chi connectivity index (χ0v) is 17.8. The van der Waals surface area contributed by atoms with Gasteiger partial charge in [-0.25, -0.2) is 0 Å².